The number of allylic oxidation sites excluding steroid dienone is 2. The first-order valence-electron chi connectivity index (χ1n) is 12.8. The van der Waals surface area contributed by atoms with Crippen LogP contribution in [0.4, 0.5) is 23.7 Å². The lowest BCUT2D eigenvalue weighted by molar-refractivity contribution is -0.240. The minimum Gasteiger partial charge on any atom is -0.463 e. The average Bonchev–Trinajstić information content (AvgIpc) is 3.68. The van der Waals surface area contributed by atoms with Crippen LogP contribution in [0.3, 0.4) is 0 Å². The molecule has 1 aliphatic carbocycles. The first-order valence-corrected chi connectivity index (χ1v) is 13.1. The van der Waals surface area contributed by atoms with Crippen molar-refractivity contribution in [2.45, 2.75) is 52.3 Å². The van der Waals surface area contributed by atoms with E-state index in [0.29, 0.717) is 24.2 Å². The summed E-state index contributed by atoms with van der Waals surface area (Å²) in [4.78, 5) is 40.5. The molecule has 2 heterocycles. The molecule has 1 aromatic rings. The Kier molecular flexibility index (Phi) is 8.13. The quantitative estimate of drug-likeness (QED) is 0.275. The number of ether oxygens (including phenoxy) is 3. The molecule has 3 aliphatic rings. The molecule has 1 amide bonds. The van der Waals surface area contributed by atoms with E-state index in [0.717, 1.165) is 11.0 Å². The molecule has 0 spiro atoms. The number of carbonyl (C=O) groups excluding carboxylic acids is 3. The van der Waals surface area contributed by atoms with Crippen molar-refractivity contribution < 1.29 is 41.8 Å². The second-order valence-electron chi connectivity index (χ2n) is 9.56. The topological polar surface area (TPSA) is 94.2 Å². The van der Waals surface area contributed by atoms with E-state index in [9.17, 15) is 27.6 Å². The Bertz CT molecular complexity index is 1330. The van der Waals surface area contributed by atoms with Crippen molar-refractivity contribution >= 4 is 35.3 Å². The van der Waals surface area contributed by atoms with Gasteiger partial charge in [-0.25, -0.2) is 14.4 Å². The van der Waals surface area contributed by atoms with Crippen molar-refractivity contribution in [3.63, 3.8) is 0 Å². The Morgan fingerprint density at radius 2 is 1.70 bits per heavy atom. The summed E-state index contributed by atoms with van der Waals surface area (Å²) in [5.41, 5.74) is -3.11. The van der Waals surface area contributed by atoms with Crippen molar-refractivity contribution in [3.8, 4) is 11.8 Å². The van der Waals surface area contributed by atoms with E-state index in [1.165, 1.54) is 12.1 Å². The van der Waals surface area contributed by atoms with E-state index in [2.05, 4.69) is 17.2 Å². The van der Waals surface area contributed by atoms with Crippen LogP contribution in [0.15, 0.2) is 40.7 Å². The van der Waals surface area contributed by atoms with Gasteiger partial charge in [-0.15, -0.1) is 0 Å². The zero-order valence-electron chi connectivity index (χ0n) is 22.3. The minimum absolute atomic E-state index is 0.0220. The Morgan fingerprint density at radius 3 is 2.20 bits per heavy atom. The van der Waals surface area contributed by atoms with Crippen LogP contribution in [0.5, 0.6) is 0 Å². The van der Waals surface area contributed by atoms with Crippen molar-refractivity contribution in [1.82, 2.24) is 5.32 Å². The van der Waals surface area contributed by atoms with Gasteiger partial charge in [0.15, 0.2) is 0 Å². The summed E-state index contributed by atoms with van der Waals surface area (Å²) in [6.07, 6.45) is -5.13. The number of esters is 2. The van der Waals surface area contributed by atoms with Gasteiger partial charge >= 0.3 is 24.2 Å². The number of fused-ring (bicyclic) bond motifs is 1. The molecule has 8 nitrogen and oxygen atoms in total. The summed E-state index contributed by atoms with van der Waals surface area (Å²) in [6.45, 7) is 6.02. The van der Waals surface area contributed by atoms with Gasteiger partial charge in [0.05, 0.1) is 30.0 Å². The average molecular weight is 581 g/mol. The van der Waals surface area contributed by atoms with Gasteiger partial charge in [-0.1, -0.05) is 17.5 Å². The summed E-state index contributed by atoms with van der Waals surface area (Å²) >= 11 is 6.12. The SMILES string of the molecule is CCOC(=O)C1=C(C)NC(C)=C(C(=O)OCC)C1CN1C(=O)O[C@](C#CC2CC2)(C(F)(F)F)c2cc(Cl)ccc21. The minimum atomic E-state index is -5.09. The van der Waals surface area contributed by atoms with Gasteiger partial charge in [0.25, 0.3) is 5.60 Å². The molecule has 40 heavy (non-hydrogen) atoms. The standard InChI is InChI=1S/C28H28ClF3N2O6/c1-5-38-24(35)22-15(3)33-16(4)23(25(36)39-6-2)19(22)14-34-21-10-9-18(29)13-20(21)27(28(30,31)32,40-26(34)37)12-11-17-7-8-17/h9-10,13,17,19,33H,5-8,14H2,1-4H3/t27-/m0/s1. The highest BCUT2D eigenvalue weighted by atomic mass is 35.5. The molecule has 1 aromatic carbocycles. The largest absolute Gasteiger partial charge is 0.463 e. The molecule has 1 fully saturated rings. The number of anilines is 1. The van der Waals surface area contributed by atoms with Crippen molar-refractivity contribution in [1.29, 1.82) is 0 Å². The number of hydrogen-bond acceptors (Lipinski definition) is 7. The monoisotopic (exact) mass is 580 g/mol. The number of nitrogens with one attached hydrogen (secondary N) is 1. The fourth-order valence-corrected chi connectivity index (χ4v) is 4.97. The van der Waals surface area contributed by atoms with Crippen molar-refractivity contribution in [2.75, 3.05) is 24.7 Å². The van der Waals surface area contributed by atoms with Gasteiger partial charge in [0.2, 0.25) is 0 Å². The molecule has 12 heteroatoms. The maximum atomic E-state index is 14.7. The first-order chi connectivity index (χ1) is 18.8. The second-order valence-corrected chi connectivity index (χ2v) is 9.99. The van der Waals surface area contributed by atoms with E-state index >= 15 is 0 Å². The van der Waals surface area contributed by atoms with Gasteiger partial charge in [0.1, 0.15) is 0 Å². The Labute approximate surface area is 234 Å². The zero-order valence-corrected chi connectivity index (χ0v) is 23.1. The lowest BCUT2D eigenvalue weighted by Gasteiger charge is -2.42. The summed E-state index contributed by atoms with van der Waals surface area (Å²) in [6, 6.07) is 3.67. The van der Waals surface area contributed by atoms with Gasteiger partial charge in [-0.2, -0.15) is 13.2 Å². The van der Waals surface area contributed by atoms with Crippen LogP contribution in [-0.2, 0) is 29.4 Å². The van der Waals surface area contributed by atoms with E-state index < -0.39 is 47.8 Å². The molecule has 1 saturated carbocycles. The second kappa shape index (κ2) is 11.1. The summed E-state index contributed by atoms with van der Waals surface area (Å²) in [5.74, 6) is 1.93. The third-order valence-corrected chi connectivity index (χ3v) is 6.99. The number of amides is 1. The fourth-order valence-electron chi connectivity index (χ4n) is 4.80. The highest BCUT2D eigenvalue weighted by molar-refractivity contribution is 6.30. The summed E-state index contributed by atoms with van der Waals surface area (Å²) < 4.78 is 59.5. The van der Waals surface area contributed by atoms with Crippen LogP contribution >= 0.6 is 11.6 Å². The number of halogens is 4. The van der Waals surface area contributed by atoms with Crippen LogP contribution in [0.25, 0.3) is 0 Å². The van der Waals surface area contributed by atoms with Crippen molar-refractivity contribution in [2.24, 2.45) is 11.8 Å². The van der Waals surface area contributed by atoms with Gasteiger partial charge in [-0.05, 0) is 64.7 Å². The third kappa shape index (κ3) is 5.37. The fraction of sp³-hybridized carbons (Fsp3) is 0.464. The highest BCUT2D eigenvalue weighted by Crippen LogP contribution is 2.50. The molecule has 0 aromatic heterocycles. The van der Waals surface area contributed by atoms with E-state index in [1.54, 1.807) is 27.7 Å². The predicted molar refractivity (Wildman–Crippen MR) is 139 cm³/mol. The predicted octanol–water partition coefficient (Wildman–Crippen LogP) is 5.36. The van der Waals surface area contributed by atoms with E-state index in [1.807, 2.05) is 0 Å². The summed E-state index contributed by atoms with van der Waals surface area (Å²) in [5, 5.41) is 2.95. The maximum Gasteiger partial charge on any atom is 0.445 e. The molecule has 0 unspecified atom stereocenters. The van der Waals surface area contributed by atoms with Crippen LogP contribution in [0, 0.1) is 23.7 Å². The molecule has 1 N–H and O–H groups in total. The Hall–Kier alpha value is -3.65. The normalized spacial score (nSPS) is 21.2. The third-order valence-electron chi connectivity index (χ3n) is 6.75. The molecule has 214 valence electrons. The van der Waals surface area contributed by atoms with Gasteiger partial charge in [0, 0.05) is 40.4 Å². The molecule has 2 aliphatic heterocycles. The van der Waals surface area contributed by atoms with Crippen LogP contribution in [0.1, 0.15) is 46.1 Å². The number of nitrogens with zero attached hydrogens (tertiary/aromatic N) is 1. The van der Waals surface area contributed by atoms with Crippen LogP contribution in [0.2, 0.25) is 5.02 Å². The number of carbonyl (C=O) groups is 3. The number of hydrogen-bond donors (Lipinski definition) is 1. The number of rotatable bonds is 6. The number of benzene rings is 1. The van der Waals surface area contributed by atoms with Gasteiger partial charge in [-0.3, -0.25) is 4.90 Å². The highest BCUT2D eigenvalue weighted by Gasteiger charge is 2.63. The molecule has 0 saturated heterocycles. The van der Waals surface area contributed by atoms with E-state index in [-0.39, 0.29) is 41.0 Å². The molecular formula is C28H28ClF3N2O6. The smallest absolute Gasteiger partial charge is 0.445 e. The maximum absolute atomic E-state index is 14.7. The Morgan fingerprint density at radius 1 is 1.12 bits per heavy atom. The molecule has 0 bridgehead atoms. The molecule has 0 radical (unpaired) electrons. The lowest BCUT2D eigenvalue weighted by Crippen LogP contribution is -2.54. The Balaban J connectivity index is 1.87. The number of cyclic esters (lactones) is 1. The first kappa shape index (κ1) is 29.3. The van der Waals surface area contributed by atoms with Crippen LogP contribution < -0.4 is 10.2 Å². The van der Waals surface area contributed by atoms with Crippen LogP contribution in [-0.4, -0.2) is 44.0 Å². The molecular weight excluding hydrogens is 553 g/mol. The number of alkyl halides is 3. The lowest BCUT2D eigenvalue weighted by atomic mass is 9.84. The van der Waals surface area contributed by atoms with Gasteiger partial charge < -0.3 is 19.5 Å². The zero-order chi connectivity index (χ0) is 29.4. The van der Waals surface area contributed by atoms with Crippen molar-refractivity contribution in [3.05, 3.63) is 51.3 Å². The summed E-state index contributed by atoms with van der Waals surface area (Å²) in [7, 11) is 0. The molecule has 4 rings (SSSR count). The van der Waals surface area contributed by atoms with E-state index in [4.69, 9.17) is 25.8 Å². The number of dihydropyridines is 1. The molecule has 1 atom stereocenters.